The number of nitrogens with zero attached hydrogens (tertiary/aromatic N) is 1. The summed E-state index contributed by atoms with van der Waals surface area (Å²) in [5.41, 5.74) is 1.97. The molecule has 2 aromatic rings. The van der Waals surface area contributed by atoms with E-state index in [0.717, 1.165) is 36.9 Å². The fraction of sp³-hybridized carbons (Fsp3) is 0.462. The number of hydrogen-bond acceptors (Lipinski definition) is 4. The van der Waals surface area contributed by atoms with Crippen LogP contribution in [0, 0.1) is 6.92 Å². The van der Waals surface area contributed by atoms with Crippen LogP contribution < -0.4 is 10.1 Å². The Balaban J connectivity index is 1.84. The molecule has 0 saturated carbocycles. The van der Waals surface area contributed by atoms with Crippen LogP contribution in [0.1, 0.15) is 18.4 Å². The Bertz CT molecular complexity index is 515. The zero-order chi connectivity index (χ0) is 11.7. The zero-order valence-electron chi connectivity index (χ0n) is 9.90. The third kappa shape index (κ3) is 2.13. The van der Waals surface area contributed by atoms with Gasteiger partial charge in [0.05, 0.1) is 5.39 Å². The average Bonchev–Trinajstić information content (AvgIpc) is 2.73. The molecule has 90 valence electrons. The summed E-state index contributed by atoms with van der Waals surface area (Å²) in [7, 11) is 0. The lowest BCUT2D eigenvalue weighted by Crippen LogP contribution is -2.34. The summed E-state index contributed by atoms with van der Waals surface area (Å²) < 4.78 is 11.2. The highest BCUT2D eigenvalue weighted by Crippen LogP contribution is 2.27. The molecule has 0 atom stereocenters. The number of piperidine rings is 1. The molecule has 1 aromatic heterocycles. The van der Waals surface area contributed by atoms with Gasteiger partial charge in [0.2, 0.25) is 0 Å². The molecule has 17 heavy (non-hydrogen) atoms. The molecule has 0 bridgehead atoms. The van der Waals surface area contributed by atoms with Crippen molar-refractivity contribution in [1.29, 1.82) is 0 Å². The van der Waals surface area contributed by atoms with Crippen molar-refractivity contribution in [3.63, 3.8) is 0 Å². The number of fused-ring (bicyclic) bond motifs is 1. The summed E-state index contributed by atoms with van der Waals surface area (Å²) in [4.78, 5) is 0. The van der Waals surface area contributed by atoms with Gasteiger partial charge in [-0.15, -0.1) is 0 Å². The second kappa shape index (κ2) is 4.37. The van der Waals surface area contributed by atoms with Gasteiger partial charge in [0, 0.05) is 0 Å². The predicted octanol–water partition coefficient (Wildman–Crippen LogP) is 2.27. The Morgan fingerprint density at radius 3 is 3.00 bits per heavy atom. The summed E-state index contributed by atoms with van der Waals surface area (Å²) in [5, 5.41) is 8.29. The molecule has 0 aliphatic carbocycles. The lowest BCUT2D eigenvalue weighted by atomic mass is 10.1. The maximum Gasteiger partial charge on any atom is 0.262 e. The highest BCUT2D eigenvalue weighted by molar-refractivity contribution is 5.82. The number of aromatic nitrogens is 1. The Morgan fingerprint density at radius 1 is 1.35 bits per heavy atom. The second-order valence-electron chi connectivity index (χ2n) is 4.55. The van der Waals surface area contributed by atoms with E-state index in [0.29, 0.717) is 5.88 Å². The van der Waals surface area contributed by atoms with Crippen LogP contribution in [0.3, 0.4) is 0 Å². The monoisotopic (exact) mass is 232 g/mol. The van der Waals surface area contributed by atoms with E-state index in [1.54, 1.807) is 0 Å². The van der Waals surface area contributed by atoms with Gasteiger partial charge in [0.25, 0.3) is 5.88 Å². The fourth-order valence-electron chi connectivity index (χ4n) is 2.18. The number of benzene rings is 1. The Hall–Kier alpha value is -1.55. The van der Waals surface area contributed by atoms with E-state index in [-0.39, 0.29) is 6.10 Å². The molecule has 1 N–H and O–H groups in total. The standard InChI is InChI=1S/C13H16N2O2/c1-9-2-3-11-12(8-9)17-15-13(11)16-10-4-6-14-7-5-10/h2-3,8,10,14H,4-7H2,1H3. The Labute approximate surface area is 99.9 Å². The van der Waals surface area contributed by atoms with Crippen LogP contribution in [0.5, 0.6) is 5.88 Å². The minimum atomic E-state index is 0.255. The topological polar surface area (TPSA) is 47.3 Å². The van der Waals surface area contributed by atoms with Crippen molar-refractivity contribution >= 4 is 11.0 Å². The van der Waals surface area contributed by atoms with E-state index >= 15 is 0 Å². The minimum Gasteiger partial charge on any atom is -0.472 e. The maximum absolute atomic E-state index is 5.90. The molecule has 0 unspecified atom stereocenters. The Morgan fingerprint density at radius 2 is 2.18 bits per heavy atom. The molecule has 3 rings (SSSR count). The number of nitrogens with one attached hydrogen (secondary N) is 1. The number of ether oxygens (including phenoxy) is 1. The molecular formula is C13H16N2O2. The van der Waals surface area contributed by atoms with Crippen molar-refractivity contribution in [2.75, 3.05) is 13.1 Å². The van der Waals surface area contributed by atoms with Crippen LogP contribution >= 0.6 is 0 Å². The van der Waals surface area contributed by atoms with Crippen molar-refractivity contribution < 1.29 is 9.26 Å². The molecule has 1 saturated heterocycles. The lowest BCUT2D eigenvalue weighted by molar-refractivity contribution is 0.151. The van der Waals surface area contributed by atoms with E-state index < -0.39 is 0 Å². The largest absolute Gasteiger partial charge is 0.472 e. The summed E-state index contributed by atoms with van der Waals surface area (Å²) in [6.07, 6.45) is 2.31. The SMILES string of the molecule is Cc1ccc2c(OC3CCNCC3)noc2c1. The molecule has 0 amide bonds. The van der Waals surface area contributed by atoms with Crippen molar-refractivity contribution in [3.8, 4) is 5.88 Å². The first-order valence-electron chi connectivity index (χ1n) is 6.06. The molecule has 1 aromatic carbocycles. The van der Waals surface area contributed by atoms with Crippen molar-refractivity contribution in [2.45, 2.75) is 25.9 Å². The minimum absolute atomic E-state index is 0.255. The molecule has 1 aliphatic heterocycles. The third-order valence-corrected chi connectivity index (χ3v) is 3.16. The van der Waals surface area contributed by atoms with Gasteiger partial charge in [-0.05, 0) is 55.7 Å². The van der Waals surface area contributed by atoms with Gasteiger partial charge >= 0.3 is 0 Å². The molecule has 1 fully saturated rings. The molecule has 4 heteroatoms. The molecule has 2 heterocycles. The molecule has 4 nitrogen and oxygen atoms in total. The van der Waals surface area contributed by atoms with Crippen LogP contribution in [-0.4, -0.2) is 24.4 Å². The van der Waals surface area contributed by atoms with E-state index in [9.17, 15) is 0 Å². The Kier molecular flexibility index (Phi) is 2.73. The molecule has 0 spiro atoms. The van der Waals surface area contributed by atoms with Gasteiger partial charge in [-0.2, -0.15) is 0 Å². The lowest BCUT2D eigenvalue weighted by Gasteiger charge is -2.22. The van der Waals surface area contributed by atoms with Crippen molar-refractivity contribution in [2.24, 2.45) is 0 Å². The van der Waals surface area contributed by atoms with Crippen molar-refractivity contribution in [1.82, 2.24) is 10.5 Å². The first-order valence-corrected chi connectivity index (χ1v) is 6.06. The van der Waals surface area contributed by atoms with E-state index in [2.05, 4.69) is 16.5 Å². The summed E-state index contributed by atoms with van der Waals surface area (Å²) >= 11 is 0. The third-order valence-electron chi connectivity index (χ3n) is 3.16. The normalized spacial score (nSPS) is 17.5. The van der Waals surface area contributed by atoms with E-state index in [1.165, 1.54) is 5.56 Å². The van der Waals surface area contributed by atoms with E-state index in [1.807, 2.05) is 19.1 Å². The van der Waals surface area contributed by atoms with Gasteiger partial charge in [-0.25, -0.2) is 0 Å². The number of aryl methyl sites for hydroxylation is 1. The molecule has 1 aliphatic rings. The zero-order valence-corrected chi connectivity index (χ0v) is 9.90. The quantitative estimate of drug-likeness (QED) is 0.862. The summed E-state index contributed by atoms with van der Waals surface area (Å²) in [6, 6.07) is 6.05. The molecule has 0 radical (unpaired) electrons. The fourth-order valence-corrected chi connectivity index (χ4v) is 2.18. The highest BCUT2D eigenvalue weighted by Gasteiger charge is 2.18. The van der Waals surface area contributed by atoms with Crippen LogP contribution in [0.15, 0.2) is 22.7 Å². The van der Waals surface area contributed by atoms with E-state index in [4.69, 9.17) is 9.26 Å². The number of hydrogen-bond donors (Lipinski definition) is 1. The smallest absolute Gasteiger partial charge is 0.262 e. The van der Waals surface area contributed by atoms with Crippen LogP contribution in [-0.2, 0) is 0 Å². The summed E-state index contributed by atoms with van der Waals surface area (Å²) in [6.45, 7) is 4.06. The first-order chi connectivity index (χ1) is 8.33. The van der Waals surface area contributed by atoms with Crippen LogP contribution in [0.4, 0.5) is 0 Å². The predicted molar refractivity (Wildman–Crippen MR) is 65.3 cm³/mol. The number of rotatable bonds is 2. The van der Waals surface area contributed by atoms with Gasteiger partial charge in [-0.3, -0.25) is 0 Å². The maximum atomic E-state index is 5.90. The van der Waals surface area contributed by atoms with Gasteiger partial charge < -0.3 is 14.6 Å². The van der Waals surface area contributed by atoms with Crippen LogP contribution in [0.25, 0.3) is 11.0 Å². The molecular weight excluding hydrogens is 216 g/mol. The van der Waals surface area contributed by atoms with Crippen molar-refractivity contribution in [3.05, 3.63) is 23.8 Å². The van der Waals surface area contributed by atoms with Gasteiger partial charge in [-0.1, -0.05) is 6.07 Å². The first kappa shape index (κ1) is 10.6. The summed E-state index contributed by atoms with van der Waals surface area (Å²) in [5.74, 6) is 0.631. The second-order valence-corrected chi connectivity index (χ2v) is 4.55. The highest BCUT2D eigenvalue weighted by atomic mass is 16.5. The average molecular weight is 232 g/mol. The van der Waals surface area contributed by atoms with Gasteiger partial charge in [0.15, 0.2) is 5.58 Å². The van der Waals surface area contributed by atoms with Crippen LogP contribution in [0.2, 0.25) is 0 Å². The van der Waals surface area contributed by atoms with Gasteiger partial charge in [0.1, 0.15) is 6.10 Å².